The van der Waals surface area contributed by atoms with Crippen LogP contribution in [0.2, 0.25) is 0 Å². The van der Waals surface area contributed by atoms with Gasteiger partial charge in [-0.25, -0.2) is 0 Å². The molecule has 0 unspecified atom stereocenters. The Morgan fingerprint density at radius 2 is 2.13 bits per heavy atom. The van der Waals surface area contributed by atoms with Crippen molar-refractivity contribution >= 4 is 5.91 Å². The van der Waals surface area contributed by atoms with Crippen molar-refractivity contribution in [3.05, 3.63) is 17.0 Å². The summed E-state index contributed by atoms with van der Waals surface area (Å²) in [6.07, 6.45) is 6.32. The van der Waals surface area contributed by atoms with E-state index in [1.54, 1.807) is 0 Å². The Labute approximate surface area is 140 Å². The SMILES string of the molecule is CCn1nc(C)c(CCNC(=O)CC[C@@H]2CCCCN2C)c1C. The highest BCUT2D eigenvalue weighted by Gasteiger charge is 2.19. The number of carbonyl (C=O) groups is 1. The predicted molar refractivity (Wildman–Crippen MR) is 93.6 cm³/mol. The monoisotopic (exact) mass is 320 g/mol. The van der Waals surface area contributed by atoms with Crippen molar-refractivity contribution in [3.8, 4) is 0 Å². The summed E-state index contributed by atoms with van der Waals surface area (Å²) in [5, 5.41) is 7.60. The minimum Gasteiger partial charge on any atom is -0.356 e. The molecule has 0 spiro atoms. The van der Waals surface area contributed by atoms with Crippen LogP contribution in [0.3, 0.4) is 0 Å². The highest BCUT2D eigenvalue weighted by molar-refractivity contribution is 5.75. The van der Waals surface area contributed by atoms with E-state index in [2.05, 4.69) is 43.1 Å². The first-order valence-electron chi connectivity index (χ1n) is 9.02. The number of aromatic nitrogens is 2. The third kappa shape index (κ3) is 4.80. The lowest BCUT2D eigenvalue weighted by molar-refractivity contribution is -0.121. The molecule has 0 aromatic carbocycles. The quantitative estimate of drug-likeness (QED) is 0.839. The van der Waals surface area contributed by atoms with Gasteiger partial charge in [0.15, 0.2) is 0 Å². The number of hydrogen-bond donors (Lipinski definition) is 1. The van der Waals surface area contributed by atoms with Gasteiger partial charge in [-0.3, -0.25) is 9.48 Å². The van der Waals surface area contributed by atoms with Crippen molar-refractivity contribution in [3.63, 3.8) is 0 Å². The molecule has 1 aromatic heterocycles. The number of aryl methyl sites for hydroxylation is 2. The molecule has 1 aromatic rings. The first-order chi connectivity index (χ1) is 11.0. The second kappa shape index (κ2) is 8.48. The molecule has 1 amide bonds. The second-order valence-electron chi connectivity index (χ2n) is 6.73. The highest BCUT2D eigenvalue weighted by Crippen LogP contribution is 2.19. The van der Waals surface area contributed by atoms with Crippen LogP contribution >= 0.6 is 0 Å². The van der Waals surface area contributed by atoms with Crippen molar-refractivity contribution in [1.29, 1.82) is 0 Å². The number of hydrogen-bond acceptors (Lipinski definition) is 3. The number of nitrogens with one attached hydrogen (secondary N) is 1. The van der Waals surface area contributed by atoms with Gasteiger partial charge in [-0.15, -0.1) is 0 Å². The zero-order valence-corrected chi connectivity index (χ0v) is 15.2. The third-order valence-electron chi connectivity index (χ3n) is 5.15. The topological polar surface area (TPSA) is 50.2 Å². The number of nitrogens with zero attached hydrogens (tertiary/aromatic N) is 3. The number of rotatable bonds is 7. The van der Waals surface area contributed by atoms with E-state index >= 15 is 0 Å². The van der Waals surface area contributed by atoms with Crippen molar-refractivity contribution in [1.82, 2.24) is 20.0 Å². The fourth-order valence-electron chi connectivity index (χ4n) is 3.63. The van der Waals surface area contributed by atoms with Crippen molar-refractivity contribution in [2.45, 2.75) is 71.9 Å². The Morgan fingerprint density at radius 3 is 2.78 bits per heavy atom. The summed E-state index contributed by atoms with van der Waals surface area (Å²) < 4.78 is 2.03. The largest absolute Gasteiger partial charge is 0.356 e. The van der Waals surface area contributed by atoms with E-state index in [0.29, 0.717) is 19.0 Å². The van der Waals surface area contributed by atoms with Crippen LogP contribution in [0.5, 0.6) is 0 Å². The van der Waals surface area contributed by atoms with Gasteiger partial charge in [0, 0.05) is 31.2 Å². The smallest absolute Gasteiger partial charge is 0.220 e. The van der Waals surface area contributed by atoms with E-state index in [0.717, 1.165) is 25.1 Å². The molecule has 0 saturated carbocycles. The standard InChI is InChI=1S/C18H32N4O/c1-5-22-15(3)17(14(2)20-22)11-12-19-18(23)10-9-16-8-6-7-13-21(16)4/h16H,5-13H2,1-4H3,(H,19,23)/t16-/m0/s1. The first-order valence-corrected chi connectivity index (χ1v) is 9.02. The first kappa shape index (κ1) is 18.0. The van der Waals surface area contributed by atoms with Crippen LogP contribution in [-0.4, -0.2) is 46.8 Å². The summed E-state index contributed by atoms with van der Waals surface area (Å²) in [4.78, 5) is 14.5. The maximum Gasteiger partial charge on any atom is 0.220 e. The normalized spacial score (nSPS) is 19.0. The Morgan fingerprint density at radius 1 is 1.35 bits per heavy atom. The Bertz CT molecular complexity index is 523. The third-order valence-corrected chi connectivity index (χ3v) is 5.15. The van der Waals surface area contributed by atoms with E-state index in [1.165, 1.54) is 37.1 Å². The molecule has 2 rings (SSSR count). The fraction of sp³-hybridized carbons (Fsp3) is 0.778. The van der Waals surface area contributed by atoms with Crippen LogP contribution in [0.25, 0.3) is 0 Å². The molecule has 1 fully saturated rings. The lowest BCUT2D eigenvalue weighted by Gasteiger charge is -2.32. The van der Waals surface area contributed by atoms with Crippen LogP contribution in [0.15, 0.2) is 0 Å². The van der Waals surface area contributed by atoms with Gasteiger partial charge < -0.3 is 10.2 Å². The van der Waals surface area contributed by atoms with Crippen LogP contribution in [0.1, 0.15) is 56.0 Å². The molecule has 23 heavy (non-hydrogen) atoms. The summed E-state index contributed by atoms with van der Waals surface area (Å²) >= 11 is 0. The van der Waals surface area contributed by atoms with Gasteiger partial charge in [0.2, 0.25) is 5.91 Å². The lowest BCUT2D eigenvalue weighted by atomic mass is 9.98. The summed E-state index contributed by atoms with van der Waals surface area (Å²) in [6, 6.07) is 0.585. The molecule has 1 aliphatic heterocycles. The molecule has 0 radical (unpaired) electrons. The van der Waals surface area contributed by atoms with Gasteiger partial charge in [0.1, 0.15) is 0 Å². The summed E-state index contributed by atoms with van der Waals surface area (Å²) in [6.45, 7) is 9.04. The van der Waals surface area contributed by atoms with E-state index < -0.39 is 0 Å². The van der Waals surface area contributed by atoms with Crippen molar-refractivity contribution in [2.24, 2.45) is 0 Å². The molecule has 130 valence electrons. The van der Waals surface area contributed by atoms with Gasteiger partial charge in [-0.2, -0.15) is 5.10 Å². The van der Waals surface area contributed by atoms with Gasteiger partial charge in [-0.1, -0.05) is 6.42 Å². The highest BCUT2D eigenvalue weighted by atomic mass is 16.1. The van der Waals surface area contributed by atoms with Gasteiger partial charge in [0.25, 0.3) is 0 Å². The average Bonchev–Trinajstić information content (AvgIpc) is 2.81. The molecule has 5 heteroatoms. The molecule has 0 aliphatic carbocycles. The molecule has 1 atom stereocenters. The molecule has 1 saturated heterocycles. The average molecular weight is 320 g/mol. The number of piperidine rings is 1. The van der Waals surface area contributed by atoms with E-state index in [9.17, 15) is 4.79 Å². The number of amides is 1. The summed E-state index contributed by atoms with van der Waals surface area (Å²) in [5.41, 5.74) is 3.59. The molecule has 0 bridgehead atoms. The lowest BCUT2D eigenvalue weighted by Crippen LogP contribution is -2.37. The number of carbonyl (C=O) groups excluding carboxylic acids is 1. The minimum absolute atomic E-state index is 0.183. The maximum atomic E-state index is 12.1. The van der Waals surface area contributed by atoms with Crippen LogP contribution in [0.4, 0.5) is 0 Å². The fourth-order valence-corrected chi connectivity index (χ4v) is 3.63. The molecule has 1 N–H and O–H groups in total. The van der Waals surface area contributed by atoms with Crippen LogP contribution in [0, 0.1) is 13.8 Å². The van der Waals surface area contributed by atoms with Crippen LogP contribution < -0.4 is 5.32 Å². The summed E-state index contributed by atoms with van der Waals surface area (Å²) in [5.74, 6) is 0.183. The van der Waals surface area contributed by atoms with E-state index in [4.69, 9.17) is 0 Å². The maximum absolute atomic E-state index is 12.1. The predicted octanol–water partition coefficient (Wildman–Crippen LogP) is 2.44. The van der Waals surface area contributed by atoms with Crippen LogP contribution in [-0.2, 0) is 17.8 Å². The molecular formula is C18H32N4O. The Hall–Kier alpha value is -1.36. The molecule has 5 nitrogen and oxygen atoms in total. The van der Waals surface area contributed by atoms with Crippen molar-refractivity contribution < 1.29 is 4.79 Å². The minimum atomic E-state index is 0.183. The van der Waals surface area contributed by atoms with Gasteiger partial charge >= 0.3 is 0 Å². The Kier molecular flexibility index (Phi) is 6.63. The zero-order chi connectivity index (χ0) is 16.8. The zero-order valence-electron chi connectivity index (χ0n) is 15.2. The van der Waals surface area contributed by atoms with Gasteiger partial charge in [0.05, 0.1) is 5.69 Å². The Balaban J connectivity index is 1.71. The van der Waals surface area contributed by atoms with E-state index in [-0.39, 0.29) is 5.91 Å². The molecule has 2 heterocycles. The summed E-state index contributed by atoms with van der Waals surface area (Å²) in [7, 11) is 2.18. The molecular weight excluding hydrogens is 288 g/mol. The molecule has 1 aliphatic rings. The van der Waals surface area contributed by atoms with Crippen molar-refractivity contribution in [2.75, 3.05) is 20.1 Å². The number of likely N-dealkylation sites (tertiary alicyclic amines) is 1. The van der Waals surface area contributed by atoms with E-state index in [1.807, 2.05) is 4.68 Å². The second-order valence-corrected chi connectivity index (χ2v) is 6.73. The van der Waals surface area contributed by atoms with Gasteiger partial charge in [-0.05, 0) is 65.6 Å².